The largest absolute Gasteiger partial charge is 0.337 e. The van der Waals surface area contributed by atoms with Gasteiger partial charge in [-0.25, -0.2) is 0 Å². The molecule has 104 valence electrons. The lowest BCUT2D eigenvalue weighted by Crippen LogP contribution is -2.49. The van der Waals surface area contributed by atoms with Crippen LogP contribution in [0.15, 0.2) is 0 Å². The number of hydrogen-bond acceptors (Lipinski definition) is 2. The van der Waals surface area contributed by atoms with E-state index in [2.05, 4.69) is 31.0 Å². The lowest BCUT2D eigenvalue weighted by atomic mass is 9.91. The average Bonchev–Trinajstić information content (AvgIpc) is 2.82. The summed E-state index contributed by atoms with van der Waals surface area (Å²) >= 11 is 0. The summed E-state index contributed by atoms with van der Waals surface area (Å²) in [4.78, 5) is 15.0. The molecule has 0 radical (unpaired) electrons. The number of piperidine rings is 1. The third kappa shape index (κ3) is 3.05. The Bertz CT molecular complexity index is 284. The summed E-state index contributed by atoms with van der Waals surface area (Å²) in [6, 6.07) is 1.36. The van der Waals surface area contributed by atoms with Gasteiger partial charge < -0.3 is 10.2 Å². The van der Waals surface area contributed by atoms with E-state index in [-0.39, 0.29) is 5.92 Å². The average molecular weight is 252 g/mol. The van der Waals surface area contributed by atoms with Gasteiger partial charge in [0.15, 0.2) is 0 Å². The topological polar surface area (TPSA) is 32.3 Å². The summed E-state index contributed by atoms with van der Waals surface area (Å²) in [6.45, 7) is 7.52. The van der Waals surface area contributed by atoms with Gasteiger partial charge in [0.25, 0.3) is 0 Å². The zero-order chi connectivity index (χ0) is 13.1. The molecule has 3 nitrogen and oxygen atoms in total. The molecule has 3 heteroatoms. The van der Waals surface area contributed by atoms with Crippen LogP contribution in [-0.2, 0) is 4.79 Å². The Balaban J connectivity index is 2.02. The van der Waals surface area contributed by atoms with E-state index in [1.165, 1.54) is 25.7 Å². The van der Waals surface area contributed by atoms with E-state index in [9.17, 15) is 4.79 Å². The highest BCUT2D eigenvalue weighted by Crippen LogP contribution is 2.28. The van der Waals surface area contributed by atoms with Gasteiger partial charge in [-0.05, 0) is 53.0 Å². The predicted molar refractivity (Wildman–Crippen MR) is 74.4 cm³/mol. The minimum Gasteiger partial charge on any atom is -0.337 e. The molecule has 0 unspecified atom stereocenters. The molecule has 2 rings (SSSR count). The van der Waals surface area contributed by atoms with Crippen LogP contribution in [0.4, 0.5) is 0 Å². The van der Waals surface area contributed by atoms with Crippen LogP contribution in [0.1, 0.15) is 59.3 Å². The van der Waals surface area contributed by atoms with Crippen LogP contribution in [-0.4, -0.2) is 35.5 Å². The highest BCUT2D eigenvalue weighted by Gasteiger charge is 2.34. The first-order valence-corrected chi connectivity index (χ1v) is 7.65. The number of rotatable bonds is 3. The Morgan fingerprint density at radius 3 is 2.44 bits per heavy atom. The van der Waals surface area contributed by atoms with Crippen molar-refractivity contribution in [2.24, 2.45) is 5.92 Å². The van der Waals surface area contributed by atoms with E-state index in [1.807, 2.05) is 0 Å². The SMILES string of the molecule is CC(C)N(C(=O)[C@H]1CCN[C@@H](C)C1)C1CCCC1. The maximum Gasteiger partial charge on any atom is 0.226 e. The van der Waals surface area contributed by atoms with Crippen molar-refractivity contribution in [3.8, 4) is 0 Å². The molecule has 1 saturated carbocycles. The Labute approximate surface area is 111 Å². The Hall–Kier alpha value is -0.570. The van der Waals surface area contributed by atoms with Crippen LogP contribution >= 0.6 is 0 Å². The smallest absolute Gasteiger partial charge is 0.226 e. The highest BCUT2D eigenvalue weighted by molar-refractivity contribution is 5.79. The summed E-state index contributed by atoms with van der Waals surface area (Å²) in [5.41, 5.74) is 0. The summed E-state index contributed by atoms with van der Waals surface area (Å²) in [7, 11) is 0. The quantitative estimate of drug-likeness (QED) is 0.837. The van der Waals surface area contributed by atoms with Gasteiger partial charge in [-0.1, -0.05) is 12.8 Å². The third-order valence-electron chi connectivity index (χ3n) is 4.50. The molecule has 0 spiro atoms. The Morgan fingerprint density at radius 1 is 1.22 bits per heavy atom. The van der Waals surface area contributed by atoms with Gasteiger partial charge in [-0.15, -0.1) is 0 Å². The van der Waals surface area contributed by atoms with Crippen LogP contribution in [0.2, 0.25) is 0 Å². The van der Waals surface area contributed by atoms with Crippen molar-refractivity contribution in [2.45, 2.75) is 77.4 Å². The number of amides is 1. The van der Waals surface area contributed by atoms with Gasteiger partial charge in [0, 0.05) is 24.0 Å². The molecular formula is C15H28N2O. The second-order valence-electron chi connectivity index (χ2n) is 6.35. The fourth-order valence-electron chi connectivity index (χ4n) is 3.61. The van der Waals surface area contributed by atoms with E-state index < -0.39 is 0 Å². The maximum atomic E-state index is 12.8. The van der Waals surface area contributed by atoms with Gasteiger partial charge in [-0.3, -0.25) is 4.79 Å². The first kappa shape index (κ1) is 13.9. The van der Waals surface area contributed by atoms with E-state index in [1.54, 1.807) is 0 Å². The first-order chi connectivity index (χ1) is 8.59. The van der Waals surface area contributed by atoms with E-state index in [0.29, 0.717) is 24.0 Å². The molecule has 1 amide bonds. The van der Waals surface area contributed by atoms with Crippen LogP contribution < -0.4 is 5.32 Å². The summed E-state index contributed by atoms with van der Waals surface area (Å²) in [5.74, 6) is 0.675. The third-order valence-corrected chi connectivity index (χ3v) is 4.50. The fraction of sp³-hybridized carbons (Fsp3) is 0.933. The molecule has 1 N–H and O–H groups in total. The standard InChI is InChI=1S/C15H28N2O/c1-11(2)17(14-6-4-5-7-14)15(18)13-8-9-16-12(3)10-13/h11-14,16H,4-10H2,1-3H3/t12-,13-/m0/s1. The van der Waals surface area contributed by atoms with Gasteiger partial charge in [0.1, 0.15) is 0 Å². The monoisotopic (exact) mass is 252 g/mol. The van der Waals surface area contributed by atoms with Crippen LogP contribution in [0.3, 0.4) is 0 Å². The molecule has 1 aliphatic heterocycles. The normalized spacial score (nSPS) is 29.8. The predicted octanol–water partition coefficient (Wildman–Crippen LogP) is 2.55. The van der Waals surface area contributed by atoms with E-state index in [4.69, 9.17) is 0 Å². The summed E-state index contributed by atoms with van der Waals surface area (Å²) < 4.78 is 0. The van der Waals surface area contributed by atoms with Crippen molar-refractivity contribution in [3.05, 3.63) is 0 Å². The Morgan fingerprint density at radius 2 is 1.89 bits per heavy atom. The Kier molecular flexibility index (Phi) is 4.66. The second kappa shape index (κ2) is 6.05. The number of carbonyl (C=O) groups excluding carboxylic acids is 1. The number of hydrogen-bond donors (Lipinski definition) is 1. The number of carbonyl (C=O) groups is 1. The summed E-state index contributed by atoms with van der Waals surface area (Å²) in [5, 5.41) is 3.43. The van der Waals surface area contributed by atoms with Gasteiger partial charge in [0.05, 0.1) is 0 Å². The zero-order valence-electron chi connectivity index (χ0n) is 12.1. The molecule has 0 aromatic rings. The van der Waals surface area contributed by atoms with Crippen molar-refractivity contribution >= 4 is 5.91 Å². The molecule has 1 heterocycles. The lowest BCUT2D eigenvalue weighted by molar-refractivity contribution is -0.141. The lowest BCUT2D eigenvalue weighted by Gasteiger charge is -2.38. The highest BCUT2D eigenvalue weighted by atomic mass is 16.2. The molecular weight excluding hydrogens is 224 g/mol. The summed E-state index contributed by atoms with van der Waals surface area (Å²) in [6.07, 6.45) is 7.04. The fourth-order valence-corrected chi connectivity index (χ4v) is 3.61. The first-order valence-electron chi connectivity index (χ1n) is 7.65. The molecule has 0 aromatic carbocycles. The molecule has 0 aromatic heterocycles. The molecule has 2 aliphatic rings. The molecule has 2 atom stereocenters. The van der Waals surface area contributed by atoms with E-state index >= 15 is 0 Å². The van der Waals surface area contributed by atoms with Crippen LogP contribution in [0.5, 0.6) is 0 Å². The van der Waals surface area contributed by atoms with Crippen molar-refractivity contribution in [3.63, 3.8) is 0 Å². The van der Waals surface area contributed by atoms with Gasteiger partial charge in [-0.2, -0.15) is 0 Å². The molecule has 0 bridgehead atoms. The van der Waals surface area contributed by atoms with Gasteiger partial charge >= 0.3 is 0 Å². The van der Waals surface area contributed by atoms with Crippen molar-refractivity contribution < 1.29 is 4.79 Å². The van der Waals surface area contributed by atoms with Gasteiger partial charge in [0.2, 0.25) is 5.91 Å². The van der Waals surface area contributed by atoms with E-state index in [0.717, 1.165) is 19.4 Å². The number of nitrogens with one attached hydrogen (secondary N) is 1. The minimum atomic E-state index is 0.254. The molecule has 1 aliphatic carbocycles. The van der Waals surface area contributed by atoms with Crippen molar-refractivity contribution in [1.82, 2.24) is 10.2 Å². The second-order valence-corrected chi connectivity index (χ2v) is 6.35. The number of nitrogens with zero attached hydrogens (tertiary/aromatic N) is 1. The molecule has 18 heavy (non-hydrogen) atoms. The molecule has 2 fully saturated rings. The zero-order valence-corrected chi connectivity index (χ0v) is 12.1. The van der Waals surface area contributed by atoms with Crippen molar-refractivity contribution in [1.29, 1.82) is 0 Å². The van der Waals surface area contributed by atoms with Crippen molar-refractivity contribution in [2.75, 3.05) is 6.54 Å². The van der Waals surface area contributed by atoms with Crippen LogP contribution in [0.25, 0.3) is 0 Å². The maximum absolute atomic E-state index is 12.8. The molecule has 1 saturated heterocycles. The van der Waals surface area contributed by atoms with Crippen LogP contribution in [0, 0.1) is 5.92 Å². The minimum absolute atomic E-state index is 0.254.